The van der Waals surface area contributed by atoms with E-state index in [0.717, 1.165) is 22.4 Å². The van der Waals surface area contributed by atoms with Crippen molar-refractivity contribution in [2.24, 2.45) is 5.92 Å². The highest BCUT2D eigenvalue weighted by atomic mass is 16.5. The third-order valence-electron chi connectivity index (χ3n) is 6.19. The summed E-state index contributed by atoms with van der Waals surface area (Å²) in [6, 6.07) is 12.5. The lowest BCUT2D eigenvalue weighted by atomic mass is 9.85. The second-order valence-corrected chi connectivity index (χ2v) is 10.5. The Morgan fingerprint density at radius 2 is 1.74 bits per heavy atom. The largest absolute Gasteiger partial charge is 0.507 e. The lowest BCUT2D eigenvalue weighted by Crippen LogP contribution is -2.32. The van der Waals surface area contributed by atoms with E-state index in [1.165, 1.54) is 4.90 Å². The van der Waals surface area contributed by atoms with E-state index >= 15 is 0 Å². The Balaban J connectivity index is 2.08. The number of aryl methyl sites for hydroxylation is 1. The molecule has 0 spiro atoms. The van der Waals surface area contributed by atoms with Gasteiger partial charge in [0.05, 0.1) is 24.8 Å². The van der Waals surface area contributed by atoms with Crippen LogP contribution in [0.1, 0.15) is 62.9 Å². The Hall–Kier alpha value is -3.12. The van der Waals surface area contributed by atoms with Gasteiger partial charge in [-0.1, -0.05) is 58.9 Å². The minimum atomic E-state index is -0.698. The second kappa shape index (κ2) is 10.6. The molecule has 6 heteroatoms. The number of ketones is 1. The van der Waals surface area contributed by atoms with Crippen LogP contribution in [0.15, 0.2) is 48.0 Å². The maximum Gasteiger partial charge on any atom is 0.295 e. The molecule has 1 N–H and O–H groups in total. The number of hydrogen-bond donors (Lipinski definition) is 1. The van der Waals surface area contributed by atoms with Crippen molar-refractivity contribution in [2.45, 2.75) is 53.0 Å². The van der Waals surface area contributed by atoms with Crippen LogP contribution >= 0.6 is 0 Å². The minimum Gasteiger partial charge on any atom is -0.507 e. The maximum absolute atomic E-state index is 13.2. The molecular formula is C29H37NO5. The first-order valence-corrected chi connectivity index (χ1v) is 12.1. The Kier molecular flexibility index (Phi) is 8.06. The summed E-state index contributed by atoms with van der Waals surface area (Å²) >= 11 is 0. The number of benzene rings is 2. The van der Waals surface area contributed by atoms with E-state index in [1.54, 1.807) is 25.3 Å². The number of likely N-dealkylation sites (tertiary alicyclic amines) is 1. The highest BCUT2D eigenvalue weighted by Crippen LogP contribution is 2.40. The SMILES string of the molecule is COCCN1C(=O)C(=O)C(=C(O)c2ccc(OCC(C)C)c(C)c2)C1c1ccc(C(C)(C)C)cc1. The van der Waals surface area contributed by atoms with Crippen molar-refractivity contribution in [1.82, 2.24) is 4.90 Å². The summed E-state index contributed by atoms with van der Waals surface area (Å²) in [4.78, 5) is 27.6. The molecule has 1 fully saturated rings. The number of Topliss-reactive ketones (excluding diaryl/α,β-unsaturated/α-hetero) is 1. The molecule has 1 unspecified atom stereocenters. The Morgan fingerprint density at radius 3 is 2.29 bits per heavy atom. The summed E-state index contributed by atoms with van der Waals surface area (Å²) in [6.07, 6.45) is 0. The average Bonchev–Trinajstić information content (AvgIpc) is 3.05. The van der Waals surface area contributed by atoms with Crippen LogP contribution in [-0.2, 0) is 19.7 Å². The van der Waals surface area contributed by atoms with Crippen LogP contribution in [-0.4, -0.2) is 48.6 Å². The van der Waals surface area contributed by atoms with Crippen molar-refractivity contribution in [2.75, 3.05) is 26.9 Å². The van der Waals surface area contributed by atoms with E-state index in [0.29, 0.717) is 18.1 Å². The van der Waals surface area contributed by atoms with Gasteiger partial charge in [-0.15, -0.1) is 0 Å². The van der Waals surface area contributed by atoms with Crippen molar-refractivity contribution < 1.29 is 24.2 Å². The molecule has 6 nitrogen and oxygen atoms in total. The predicted octanol–water partition coefficient (Wildman–Crippen LogP) is 5.40. The third-order valence-corrected chi connectivity index (χ3v) is 6.19. The molecular weight excluding hydrogens is 442 g/mol. The van der Waals surface area contributed by atoms with Crippen LogP contribution in [0.2, 0.25) is 0 Å². The number of hydrogen-bond acceptors (Lipinski definition) is 5. The van der Waals surface area contributed by atoms with Crippen LogP contribution in [0.3, 0.4) is 0 Å². The van der Waals surface area contributed by atoms with E-state index in [-0.39, 0.29) is 29.9 Å². The van der Waals surface area contributed by atoms with Crippen molar-refractivity contribution >= 4 is 17.4 Å². The number of carbonyl (C=O) groups is 2. The lowest BCUT2D eigenvalue weighted by Gasteiger charge is -2.26. The van der Waals surface area contributed by atoms with Crippen LogP contribution in [0.5, 0.6) is 5.75 Å². The molecule has 0 saturated carbocycles. The van der Waals surface area contributed by atoms with Gasteiger partial charge in [-0.3, -0.25) is 9.59 Å². The summed E-state index contributed by atoms with van der Waals surface area (Å²) in [5, 5.41) is 11.3. The fraction of sp³-hybridized carbons (Fsp3) is 0.448. The molecule has 0 aromatic heterocycles. The number of rotatable bonds is 8. The van der Waals surface area contributed by atoms with Gasteiger partial charge in [0.1, 0.15) is 11.5 Å². The molecule has 0 bridgehead atoms. The molecule has 2 aromatic rings. The van der Waals surface area contributed by atoms with Crippen LogP contribution < -0.4 is 4.74 Å². The van der Waals surface area contributed by atoms with Gasteiger partial charge < -0.3 is 19.5 Å². The van der Waals surface area contributed by atoms with Gasteiger partial charge in [0, 0.05) is 19.2 Å². The van der Waals surface area contributed by atoms with Crippen molar-refractivity contribution in [1.29, 1.82) is 0 Å². The standard InChI is InChI=1S/C29H37NO5/c1-18(2)17-35-23-13-10-21(16-19(23)3)26(31)24-25(30(14-15-34-7)28(33)27(24)32)20-8-11-22(12-9-20)29(4,5)6/h8-13,16,18,25,31H,14-15,17H2,1-7H3. The zero-order chi connectivity index (χ0) is 25.9. The highest BCUT2D eigenvalue weighted by Gasteiger charge is 2.46. The fourth-order valence-electron chi connectivity index (χ4n) is 4.18. The number of nitrogens with zero attached hydrogens (tertiary/aromatic N) is 1. The average molecular weight is 480 g/mol. The predicted molar refractivity (Wildman–Crippen MR) is 138 cm³/mol. The maximum atomic E-state index is 13.2. The van der Waals surface area contributed by atoms with Crippen molar-refractivity contribution in [3.63, 3.8) is 0 Å². The van der Waals surface area contributed by atoms with Gasteiger partial charge in [0.25, 0.3) is 11.7 Å². The zero-order valence-corrected chi connectivity index (χ0v) is 21.8. The normalized spacial score (nSPS) is 17.9. The van der Waals surface area contributed by atoms with E-state index in [2.05, 4.69) is 34.6 Å². The second-order valence-electron chi connectivity index (χ2n) is 10.5. The van der Waals surface area contributed by atoms with Gasteiger partial charge in [0.2, 0.25) is 0 Å². The topological polar surface area (TPSA) is 76.1 Å². The summed E-state index contributed by atoms with van der Waals surface area (Å²) in [5.41, 5.74) is 3.28. The highest BCUT2D eigenvalue weighted by molar-refractivity contribution is 6.46. The summed E-state index contributed by atoms with van der Waals surface area (Å²) in [5.74, 6) is -0.407. The monoisotopic (exact) mass is 479 g/mol. The van der Waals surface area contributed by atoms with Gasteiger partial charge in [-0.2, -0.15) is 0 Å². The number of carbonyl (C=O) groups excluding carboxylic acids is 2. The Morgan fingerprint density at radius 1 is 1.09 bits per heavy atom. The molecule has 1 heterocycles. The van der Waals surface area contributed by atoms with E-state index in [1.807, 2.05) is 31.2 Å². The van der Waals surface area contributed by atoms with Crippen LogP contribution in [0, 0.1) is 12.8 Å². The minimum absolute atomic E-state index is 0.0344. The molecule has 35 heavy (non-hydrogen) atoms. The van der Waals surface area contributed by atoms with Gasteiger partial charge in [-0.05, 0) is 53.1 Å². The molecule has 0 radical (unpaired) electrons. The first kappa shape index (κ1) is 26.5. The molecule has 1 atom stereocenters. The summed E-state index contributed by atoms with van der Waals surface area (Å²) in [6.45, 7) is 13.5. The number of aliphatic hydroxyl groups is 1. The molecule has 2 aromatic carbocycles. The molecule has 188 valence electrons. The van der Waals surface area contributed by atoms with Crippen molar-refractivity contribution in [3.05, 3.63) is 70.3 Å². The molecule has 3 rings (SSSR count). The molecule has 1 aliphatic rings. The Labute approximate surface area is 208 Å². The molecule has 1 saturated heterocycles. The van der Waals surface area contributed by atoms with Crippen LogP contribution in [0.25, 0.3) is 5.76 Å². The number of aliphatic hydroxyl groups excluding tert-OH is 1. The van der Waals surface area contributed by atoms with Gasteiger partial charge >= 0.3 is 0 Å². The van der Waals surface area contributed by atoms with Crippen LogP contribution in [0.4, 0.5) is 0 Å². The van der Waals surface area contributed by atoms with E-state index < -0.39 is 17.7 Å². The number of methoxy groups -OCH3 is 1. The smallest absolute Gasteiger partial charge is 0.295 e. The first-order valence-electron chi connectivity index (χ1n) is 12.1. The number of ether oxygens (including phenoxy) is 2. The van der Waals surface area contributed by atoms with Gasteiger partial charge in [-0.25, -0.2) is 0 Å². The molecule has 1 aliphatic heterocycles. The quantitative estimate of drug-likeness (QED) is 0.312. The Bertz CT molecular complexity index is 1110. The lowest BCUT2D eigenvalue weighted by molar-refractivity contribution is -0.140. The van der Waals surface area contributed by atoms with Gasteiger partial charge in [0.15, 0.2) is 0 Å². The van der Waals surface area contributed by atoms with Crippen molar-refractivity contribution in [3.8, 4) is 5.75 Å². The van der Waals surface area contributed by atoms with E-state index in [9.17, 15) is 14.7 Å². The molecule has 1 amide bonds. The number of amides is 1. The first-order chi connectivity index (χ1) is 16.5. The summed E-state index contributed by atoms with van der Waals surface area (Å²) in [7, 11) is 1.55. The van der Waals surface area contributed by atoms with E-state index in [4.69, 9.17) is 9.47 Å². The summed E-state index contributed by atoms with van der Waals surface area (Å²) < 4.78 is 11.0. The third kappa shape index (κ3) is 5.76. The fourth-order valence-corrected chi connectivity index (χ4v) is 4.18. The zero-order valence-electron chi connectivity index (χ0n) is 21.8. The molecule has 0 aliphatic carbocycles.